The number of carbonyl (C=O) groups excluding carboxylic acids is 1. The van der Waals surface area contributed by atoms with Crippen LogP contribution in [0.3, 0.4) is 0 Å². The maximum Gasteiger partial charge on any atom is 0.219 e. The summed E-state index contributed by atoms with van der Waals surface area (Å²) < 4.78 is 0. The van der Waals surface area contributed by atoms with Gasteiger partial charge < -0.3 is 10.2 Å². The zero-order valence-electron chi connectivity index (χ0n) is 8.25. The number of hydrogen-bond donors (Lipinski definition) is 1. The van der Waals surface area contributed by atoms with Crippen molar-refractivity contribution in [1.82, 2.24) is 10.2 Å². The van der Waals surface area contributed by atoms with Gasteiger partial charge in [0.1, 0.15) is 0 Å². The van der Waals surface area contributed by atoms with E-state index in [9.17, 15) is 4.79 Å². The number of amides is 1. The zero-order valence-corrected chi connectivity index (χ0v) is 8.25. The van der Waals surface area contributed by atoms with E-state index in [1.165, 1.54) is 25.7 Å². The molecule has 1 heterocycles. The molecule has 2 rings (SSSR count). The van der Waals surface area contributed by atoms with Crippen LogP contribution < -0.4 is 5.32 Å². The fraction of sp³-hybridized carbons (Fsp3) is 0.900. The number of nitrogens with zero attached hydrogens (tertiary/aromatic N) is 1. The minimum Gasteiger partial charge on any atom is -0.338 e. The standard InChI is InChI=1S/C10H18N2O/c1-8(13)12(10-4-5-10)7-9-3-2-6-11-9/h9-11H,2-7H2,1H3/t9-/m0/s1. The Morgan fingerprint density at radius 3 is 2.69 bits per heavy atom. The van der Waals surface area contributed by atoms with Gasteiger partial charge in [-0.15, -0.1) is 0 Å². The minimum atomic E-state index is 0.246. The number of carbonyl (C=O) groups is 1. The van der Waals surface area contributed by atoms with Crippen LogP contribution in [0.1, 0.15) is 32.6 Å². The Balaban J connectivity index is 1.84. The summed E-state index contributed by atoms with van der Waals surface area (Å²) in [7, 11) is 0. The third kappa shape index (κ3) is 2.21. The predicted octanol–water partition coefficient (Wildman–Crippen LogP) is 0.749. The summed E-state index contributed by atoms with van der Waals surface area (Å²) in [5.74, 6) is 0.246. The van der Waals surface area contributed by atoms with E-state index in [0.717, 1.165) is 13.1 Å². The van der Waals surface area contributed by atoms with E-state index in [1.54, 1.807) is 6.92 Å². The minimum absolute atomic E-state index is 0.246. The Kier molecular flexibility index (Phi) is 2.54. The predicted molar refractivity (Wildman–Crippen MR) is 51.4 cm³/mol. The van der Waals surface area contributed by atoms with Gasteiger partial charge in [-0.2, -0.15) is 0 Å². The second-order valence-electron chi connectivity index (χ2n) is 4.20. The quantitative estimate of drug-likeness (QED) is 0.698. The lowest BCUT2D eigenvalue weighted by molar-refractivity contribution is -0.129. The van der Waals surface area contributed by atoms with Crippen molar-refractivity contribution in [3.63, 3.8) is 0 Å². The molecule has 0 spiro atoms. The Morgan fingerprint density at radius 1 is 1.46 bits per heavy atom. The zero-order chi connectivity index (χ0) is 9.26. The van der Waals surface area contributed by atoms with Crippen molar-refractivity contribution in [1.29, 1.82) is 0 Å². The van der Waals surface area contributed by atoms with Crippen molar-refractivity contribution < 1.29 is 4.79 Å². The first-order valence-electron chi connectivity index (χ1n) is 5.28. The molecule has 0 radical (unpaired) electrons. The lowest BCUT2D eigenvalue weighted by Crippen LogP contribution is -2.41. The summed E-state index contributed by atoms with van der Waals surface area (Å²) in [5.41, 5.74) is 0. The van der Waals surface area contributed by atoms with Crippen molar-refractivity contribution in [3.05, 3.63) is 0 Å². The van der Waals surface area contributed by atoms with Crippen LogP contribution in [0.25, 0.3) is 0 Å². The van der Waals surface area contributed by atoms with Gasteiger partial charge in [-0.05, 0) is 32.2 Å². The van der Waals surface area contributed by atoms with Gasteiger partial charge in [0.25, 0.3) is 0 Å². The fourth-order valence-corrected chi connectivity index (χ4v) is 2.07. The second kappa shape index (κ2) is 3.66. The van der Waals surface area contributed by atoms with Crippen molar-refractivity contribution in [2.75, 3.05) is 13.1 Å². The maximum atomic E-state index is 11.3. The molecule has 0 bridgehead atoms. The van der Waals surface area contributed by atoms with Gasteiger partial charge in [-0.1, -0.05) is 0 Å². The highest BCUT2D eigenvalue weighted by Gasteiger charge is 2.32. The Hall–Kier alpha value is -0.570. The first kappa shape index (κ1) is 9.00. The Morgan fingerprint density at radius 2 is 2.23 bits per heavy atom. The molecule has 0 aromatic carbocycles. The summed E-state index contributed by atoms with van der Waals surface area (Å²) in [6, 6.07) is 1.13. The van der Waals surface area contributed by atoms with Crippen LogP contribution in [-0.2, 0) is 4.79 Å². The molecular weight excluding hydrogens is 164 g/mol. The molecule has 3 nitrogen and oxygen atoms in total. The normalized spacial score (nSPS) is 27.6. The van der Waals surface area contributed by atoms with Gasteiger partial charge in [0.15, 0.2) is 0 Å². The molecule has 2 aliphatic rings. The third-order valence-electron chi connectivity index (χ3n) is 2.97. The van der Waals surface area contributed by atoms with E-state index in [1.807, 2.05) is 4.90 Å². The molecule has 1 aliphatic carbocycles. The molecule has 3 heteroatoms. The molecule has 13 heavy (non-hydrogen) atoms. The third-order valence-corrected chi connectivity index (χ3v) is 2.97. The van der Waals surface area contributed by atoms with Crippen molar-refractivity contribution >= 4 is 5.91 Å². The fourth-order valence-electron chi connectivity index (χ4n) is 2.07. The van der Waals surface area contributed by atoms with Gasteiger partial charge in [-0.25, -0.2) is 0 Å². The van der Waals surface area contributed by atoms with Gasteiger partial charge in [-0.3, -0.25) is 4.79 Å². The van der Waals surface area contributed by atoms with Crippen LogP contribution >= 0.6 is 0 Å². The summed E-state index contributed by atoms with van der Waals surface area (Å²) >= 11 is 0. The highest BCUT2D eigenvalue weighted by Crippen LogP contribution is 2.27. The van der Waals surface area contributed by atoms with Crippen LogP contribution in [0, 0.1) is 0 Å². The van der Waals surface area contributed by atoms with E-state index >= 15 is 0 Å². The van der Waals surface area contributed by atoms with Crippen molar-refractivity contribution in [3.8, 4) is 0 Å². The summed E-state index contributed by atoms with van der Waals surface area (Å²) in [6.07, 6.45) is 4.93. The average molecular weight is 182 g/mol. The molecule has 1 amide bonds. The molecule has 0 aromatic heterocycles. The molecule has 0 unspecified atom stereocenters. The van der Waals surface area contributed by atoms with Gasteiger partial charge in [0, 0.05) is 25.6 Å². The number of hydrogen-bond acceptors (Lipinski definition) is 2. The molecular formula is C10H18N2O. The Labute approximate surface area is 79.5 Å². The summed E-state index contributed by atoms with van der Waals surface area (Å²) in [6.45, 7) is 3.74. The van der Waals surface area contributed by atoms with E-state index in [-0.39, 0.29) is 5.91 Å². The molecule has 1 atom stereocenters. The van der Waals surface area contributed by atoms with Crippen LogP contribution in [0.5, 0.6) is 0 Å². The largest absolute Gasteiger partial charge is 0.338 e. The van der Waals surface area contributed by atoms with E-state index in [0.29, 0.717) is 12.1 Å². The van der Waals surface area contributed by atoms with E-state index in [2.05, 4.69) is 5.32 Å². The smallest absolute Gasteiger partial charge is 0.219 e. The number of nitrogens with one attached hydrogen (secondary N) is 1. The van der Waals surface area contributed by atoms with Crippen molar-refractivity contribution in [2.45, 2.75) is 44.7 Å². The van der Waals surface area contributed by atoms with Crippen LogP contribution in [0.2, 0.25) is 0 Å². The monoisotopic (exact) mass is 182 g/mol. The maximum absolute atomic E-state index is 11.3. The van der Waals surface area contributed by atoms with Crippen LogP contribution in [0.15, 0.2) is 0 Å². The SMILES string of the molecule is CC(=O)N(C[C@@H]1CCCN1)C1CC1. The summed E-state index contributed by atoms with van der Waals surface area (Å²) in [5, 5.41) is 3.43. The molecule has 1 aliphatic heterocycles. The first-order chi connectivity index (χ1) is 6.27. The van der Waals surface area contributed by atoms with E-state index in [4.69, 9.17) is 0 Å². The van der Waals surface area contributed by atoms with E-state index < -0.39 is 0 Å². The van der Waals surface area contributed by atoms with Crippen LogP contribution in [0.4, 0.5) is 0 Å². The average Bonchev–Trinajstić information content (AvgIpc) is 2.79. The Bertz CT molecular complexity index is 195. The van der Waals surface area contributed by atoms with Crippen LogP contribution in [-0.4, -0.2) is 36.0 Å². The number of rotatable bonds is 3. The highest BCUT2D eigenvalue weighted by atomic mass is 16.2. The topological polar surface area (TPSA) is 32.3 Å². The molecule has 1 saturated heterocycles. The summed E-state index contributed by atoms with van der Waals surface area (Å²) in [4.78, 5) is 13.4. The first-order valence-corrected chi connectivity index (χ1v) is 5.28. The highest BCUT2D eigenvalue weighted by molar-refractivity contribution is 5.74. The molecule has 1 saturated carbocycles. The van der Waals surface area contributed by atoms with Gasteiger partial charge in [0.2, 0.25) is 5.91 Å². The van der Waals surface area contributed by atoms with Gasteiger partial charge in [0.05, 0.1) is 0 Å². The lowest BCUT2D eigenvalue weighted by atomic mass is 10.2. The molecule has 74 valence electrons. The lowest BCUT2D eigenvalue weighted by Gasteiger charge is -2.24. The van der Waals surface area contributed by atoms with Gasteiger partial charge >= 0.3 is 0 Å². The van der Waals surface area contributed by atoms with Crippen molar-refractivity contribution in [2.24, 2.45) is 0 Å². The second-order valence-corrected chi connectivity index (χ2v) is 4.20. The molecule has 2 fully saturated rings. The molecule has 1 N–H and O–H groups in total. The molecule has 0 aromatic rings.